The highest BCUT2D eigenvalue weighted by Gasteiger charge is 2.02. The van der Waals surface area contributed by atoms with Crippen LogP contribution in [0.15, 0.2) is 48.5 Å². The summed E-state index contributed by atoms with van der Waals surface area (Å²) in [5.41, 5.74) is 3.73. The first-order valence-corrected chi connectivity index (χ1v) is 10.5. The monoisotopic (exact) mass is 388 g/mol. The van der Waals surface area contributed by atoms with Gasteiger partial charge in [0.2, 0.25) is 0 Å². The fourth-order valence-corrected chi connectivity index (χ4v) is 3.68. The lowest BCUT2D eigenvalue weighted by molar-refractivity contribution is 0.242. The van der Waals surface area contributed by atoms with Gasteiger partial charge in [-0.15, -0.1) is 0 Å². The molecule has 0 aliphatic heterocycles. The highest BCUT2D eigenvalue weighted by atomic mass is 32.2. The van der Waals surface area contributed by atoms with Crippen LogP contribution in [0.1, 0.15) is 31.4 Å². The van der Waals surface area contributed by atoms with Gasteiger partial charge in [0, 0.05) is 24.1 Å². The number of anilines is 1. The van der Waals surface area contributed by atoms with Crippen LogP contribution in [-0.4, -0.2) is 23.5 Å². The Kier molecular flexibility index (Phi) is 8.78. The molecule has 5 heteroatoms. The van der Waals surface area contributed by atoms with Crippen molar-refractivity contribution in [1.82, 2.24) is 5.32 Å². The smallest absolute Gasteiger partial charge is 0.170 e. The van der Waals surface area contributed by atoms with Gasteiger partial charge in [0.25, 0.3) is 0 Å². The molecule has 26 heavy (non-hydrogen) atoms. The highest BCUT2D eigenvalue weighted by Crippen LogP contribution is 2.18. The topological polar surface area (TPSA) is 33.3 Å². The maximum Gasteiger partial charge on any atom is 0.170 e. The number of benzene rings is 2. The van der Waals surface area contributed by atoms with Crippen molar-refractivity contribution in [2.75, 3.05) is 17.6 Å². The standard InChI is InChI=1S/C21H28N2OS2/c1-16(2)24-20-11-6-10-19(14-20)23-21(25)22-12-7-13-26-15-18-9-5-4-8-17(18)3/h4-6,8-11,14,16H,7,12-13,15H2,1-3H3,(H2,22,23,25). The van der Waals surface area contributed by atoms with Crippen molar-refractivity contribution in [3.8, 4) is 5.75 Å². The lowest BCUT2D eigenvalue weighted by Crippen LogP contribution is -2.29. The second kappa shape index (κ2) is 11.1. The summed E-state index contributed by atoms with van der Waals surface area (Å²) < 4.78 is 5.70. The fraction of sp³-hybridized carbons (Fsp3) is 0.381. The number of thiocarbonyl (C=S) groups is 1. The van der Waals surface area contributed by atoms with Crippen molar-refractivity contribution < 1.29 is 4.74 Å². The van der Waals surface area contributed by atoms with E-state index in [0.717, 1.165) is 35.9 Å². The summed E-state index contributed by atoms with van der Waals surface area (Å²) in [5, 5.41) is 7.13. The van der Waals surface area contributed by atoms with Crippen molar-refractivity contribution in [3.05, 3.63) is 59.7 Å². The Bertz CT molecular complexity index is 704. The Morgan fingerprint density at radius 1 is 1.15 bits per heavy atom. The third-order valence-corrected chi connectivity index (χ3v) is 5.07. The maximum atomic E-state index is 5.70. The number of thioether (sulfide) groups is 1. The quantitative estimate of drug-likeness (QED) is 0.444. The van der Waals surface area contributed by atoms with Gasteiger partial charge < -0.3 is 15.4 Å². The van der Waals surface area contributed by atoms with Gasteiger partial charge in [0.1, 0.15) is 5.75 Å². The highest BCUT2D eigenvalue weighted by molar-refractivity contribution is 7.98. The van der Waals surface area contributed by atoms with Crippen LogP contribution in [0.2, 0.25) is 0 Å². The van der Waals surface area contributed by atoms with E-state index in [2.05, 4.69) is 41.8 Å². The zero-order valence-corrected chi connectivity index (χ0v) is 17.4. The summed E-state index contributed by atoms with van der Waals surface area (Å²) >= 11 is 7.33. The van der Waals surface area contributed by atoms with Crippen LogP contribution >= 0.6 is 24.0 Å². The summed E-state index contributed by atoms with van der Waals surface area (Å²) in [6.45, 7) is 7.07. The normalized spacial score (nSPS) is 10.6. The Morgan fingerprint density at radius 3 is 2.73 bits per heavy atom. The van der Waals surface area contributed by atoms with Crippen molar-refractivity contribution in [3.63, 3.8) is 0 Å². The van der Waals surface area contributed by atoms with Crippen LogP contribution in [0.3, 0.4) is 0 Å². The van der Waals surface area contributed by atoms with Gasteiger partial charge in [-0.05, 0) is 68.4 Å². The molecule has 140 valence electrons. The van der Waals surface area contributed by atoms with Gasteiger partial charge in [-0.25, -0.2) is 0 Å². The lowest BCUT2D eigenvalue weighted by atomic mass is 10.1. The van der Waals surface area contributed by atoms with Crippen molar-refractivity contribution in [1.29, 1.82) is 0 Å². The molecule has 0 saturated carbocycles. The molecule has 0 aromatic heterocycles. The van der Waals surface area contributed by atoms with Gasteiger partial charge in [-0.3, -0.25) is 0 Å². The predicted octanol–water partition coefficient (Wildman–Crippen LogP) is 5.39. The van der Waals surface area contributed by atoms with Crippen LogP contribution in [0.4, 0.5) is 5.69 Å². The van der Waals surface area contributed by atoms with Crippen molar-refractivity contribution in [2.24, 2.45) is 0 Å². The first kappa shape index (κ1) is 20.6. The van der Waals surface area contributed by atoms with Gasteiger partial charge in [-0.1, -0.05) is 30.3 Å². The number of hydrogen-bond donors (Lipinski definition) is 2. The Morgan fingerprint density at radius 2 is 1.96 bits per heavy atom. The van der Waals surface area contributed by atoms with Crippen LogP contribution in [-0.2, 0) is 5.75 Å². The van der Waals surface area contributed by atoms with Crippen molar-refractivity contribution >= 4 is 34.8 Å². The molecule has 0 spiro atoms. The number of ether oxygens (including phenoxy) is 1. The predicted molar refractivity (Wildman–Crippen MR) is 118 cm³/mol. The molecule has 2 N–H and O–H groups in total. The number of hydrogen-bond acceptors (Lipinski definition) is 3. The van der Waals surface area contributed by atoms with E-state index in [1.165, 1.54) is 11.1 Å². The summed E-state index contributed by atoms with van der Waals surface area (Å²) in [6.07, 6.45) is 1.24. The van der Waals surface area contributed by atoms with E-state index in [4.69, 9.17) is 17.0 Å². The van der Waals surface area contributed by atoms with E-state index < -0.39 is 0 Å². The molecule has 0 aliphatic rings. The SMILES string of the molecule is Cc1ccccc1CSCCCNC(=S)Nc1cccc(OC(C)C)c1. The molecule has 3 nitrogen and oxygen atoms in total. The first-order valence-electron chi connectivity index (χ1n) is 8.98. The molecule has 2 aromatic carbocycles. The first-order chi connectivity index (χ1) is 12.5. The summed E-state index contributed by atoms with van der Waals surface area (Å²) in [5.74, 6) is 3.03. The van der Waals surface area contributed by atoms with Crippen LogP contribution in [0, 0.1) is 6.92 Å². The van der Waals surface area contributed by atoms with Gasteiger partial charge in [0.05, 0.1) is 6.10 Å². The molecule has 0 unspecified atom stereocenters. The Hall–Kier alpha value is -1.72. The zero-order valence-electron chi connectivity index (χ0n) is 15.7. The van der Waals surface area contributed by atoms with Crippen molar-refractivity contribution in [2.45, 2.75) is 39.0 Å². The molecule has 0 saturated heterocycles. The molecule has 0 heterocycles. The third-order valence-electron chi connectivity index (χ3n) is 3.73. The van der Waals surface area contributed by atoms with E-state index in [1.807, 2.05) is 49.9 Å². The van der Waals surface area contributed by atoms with E-state index in [9.17, 15) is 0 Å². The molecule has 2 aromatic rings. The minimum atomic E-state index is 0.160. The molecule has 0 atom stereocenters. The second-order valence-electron chi connectivity index (χ2n) is 6.41. The van der Waals surface area contributed by atoms with Crippen LogP contribution < -0.4 is 15.4 Å². The van der Waals surface area contributed by atoms with Crippen LogP contribution in [0.25, 0.3) is 0 Å². The maximum absolute atomic E-state index is 5.70. The molecule has 2 rings (SSSR count). The molecular formula is C21H28N2OS2. The molecule has 0 radical (unpaired) electrons. The average Bonchev–Trinajstić information content (AvgIpc) is 2.59. The summed E-state index contributed by atoms with van der Waals surface area (Å²) in [4.78, 5) is 0. The minimum Gasteiger partial charge on any atom is -0.491 e. The Balaban J connectivity index is 1.62. The van der Waals surface area contributed by atoms with E-state index in [0.29, 0.717) is 5.11 Å². The third kappa shape index (κ3) is 7.67. The molecule has 0 fully saturated rings. The van der Waals surface area contributed by atoms with Gasteiger partial charge in [0.15, 0.2) is 5.11 Å². The number of rotatable bonds is 9. The van der Waals surface area contributed by atoms with Gasteiger partial charge in [-0.2, -0.15) is 11.8 Å². The molecular weight excluding hydrogens is 360 g/mol. The molecule has 0 bridgehead atoms. The molecule has 0 amide bonds. The fourth-order valence-electron chi connectivity index (χ4n) is 2.42. The minimum absolute atomic E-state index is 0.160. The average molecular weight is 389 g/mol. The summed E-state index contributed by atoms with van der Waals surface area (Å²) in [7, 11) is 0. The zero-order chi connectivity index (χ0) is 18.8. The largest absolute Gasteiger partial charge is 0.491 e. The second-order valence-corrected chi connectivity index (χ2v) is 7.92. The number of nitrogens with one attached hydrogen (secondary N) is 2. The Labute approximate surface area is 166 Å². The number of aryl methyl sites for hydroxylation is 1. The van der Waals surface area contributed by atoms with E-state index in [1.54, 1.807) is 0 Å². The lowest BCUT2D eigenvalue weighted by Gasteiger charge is -2.13. The molecule has 0 aliphatic carbocycles. The summed E-state index contributed by atoms with van der Waals surface area (Å²) in [6, 6.07) is 16.4. The van der Waals surface area contributed by atoms with E-state index in [-0.39, 0.29) is 6.10 Å². The van der Waals surface area contributed by atoms with Crippen LogP contribution in [0.5, 0.6) is 5.75 Å². The van der Waals surface area contributed by atoms with E-state index >= 15 is 0 Å². The van der Waals surface area contributed by atoms with Gasteiger partial charge >= 0.3 is 0 Å².